The highest BCUT2D eigenvalue weighted by Gasteiger charge is 2.32. The molecule has 4 aromatic carbocycles. The largest absolute Gasteiger partial charge is 0.486 e. The van der Waals surface area contributed by atoms with Crippen LogP contribution in [-0.2, 0) is 43.2 Å². The minimum absolute atomic E-state index is 0.000905. The lowest BCUT2D eigenvalue weighted by atomic mass is 10.1. The Balaban J connectivity index is 0.000000151. The number of aromatic nitrogens is 1. The summed E-state index contributed by atoms with van der Waals surface area (Å²) in [4.78, 5) is 26.7. The molecule has 2 amide bonds. The second-order valence-electron chi connectivity index (χ2n) is 13.3. The van der Waals surface area contributed by atoms with Gasteiger partial charge in [-0.25, -0.2) is 0 Å². The number of amides is 2. The molecule has 14 heteroatoms. The zero-order valence-corrected chi connectivity index (χ0v) is 29.7. The normalized spacial score (nSPS) is 18.1. The number of aromatic amines is 1. The van der Waals surface area contributed by atoms with Gasteiger partial charge in [0.15, 0.2) is 29.1 Å². The number of benzene rings is 4. The summed E-state index contributed by atoms with van der Waals surface area (Å²) in [6.45, 7) is 3.93. The molecule has 274 valence electrons. The van der Waals surface area contributed by atoms with Crippen molar-refractivity contribution in [3.63, 3.8) is 0 Å². The van der Waals surface area contributed by atoms with Crippen LogP contribution in [0.1, 0.15) is 22.3 Å². The smallest absolute Gasteiger partial charge is 0.297 e. The Morgan fingerprint density at radius 1 is 0.792 bits per heavy atom. The van der Waals surface area contributed by atoms with Crippen LogP contribution in [0.25, 0.3) is 10.9 Å². The monoisotopic (exact) mass is 738 g/mol. The minimum Gasteiger partial charge on any atom is -0.486 e. The van der Waals surface area contributed by atoms with Crippen molar-refractivity contribution in [3.05, 3.63) is 101 Å². The Kier molecular flexibility index (Phi) is 9.41. The molecule has 0 spiro atoms. The maximum Gasteiger partial charge on any atom is 0.297 e. The van der Waals surface area contributed by atoms with Gasteiger partial charge in [-0.2, -0.15) is 8.42 Å². The summed E-state index contributed by atoms with van der Waals surface area (Å²) in [6, 6.07) is 22.0. The van der Waals surface area contributed by atoms with Crippen molar-refractivity contribution < 1.29 is 41.1 Å². The molecule has 53 heavy (non-hydrogen) atoms. The van der Waals surface area contributed by atoms with Gasteiger partial charge in [0.05, 0.1) is 17.7 Å². The Labute approximate surface area is 306 Å². The molecule has 0 radical (unpaired) electrons. The van der Waals surface area contributed by atoms with Gasteiger partial charge in [0.2, 0.25) is 11.8 Å². The van der Waals surface area contributed by atoms with Crippen molar-refractivity contribution in [1.29, 1.82) is 0 Å². The number of hydrogen-bond acceptors (Lipinski definition) is 10. The molecule has 5 heterocycles. The van der Waals surface area contributed by atoms with Gasteiger partial charge in [-0.3, -0.25) is 13.8 Å². The lowest BCUT2D eigenvalue weighted by molar-refractivity contribution is -0.116. The van der Waals surface area contributed by atoms with Crippen LogP contribution in [0.5, 0.6) is 23.0 Å². The van der Waals surface area contributed by atoms with Crippen LogP contribution in [0, 0.1) is 6.92 Å². The van der Waals surface area contributed by atoms with E-state index in [0.717, 1.165) is 41.1 Å². The van der Waals surface area contributed by atoms with Crippen LogP contribution in [-0.4, -0.2) is 70.3 Å². The summed E-state index contributed by atoms with van der Waals surface area (Å²) >= 11 is 0. The number of para-hydroxylation sites is 1. The second-order valence-corrected chi connectivity index (χ2v) is 14.9. The second kappa shape index (κ2) is 14.5. The van der Waals surface area contributed by atoms with Gasteiger partial charge in [0.1, 0.15) is 25.9 Å². The van der Waals surface area contributed by atoms with Gasteiger partial charge in [0.25, 0.3) is 10.1 Å². The molecule has 0 aliphatic carbocycles. The van der Waals surface area contributed by atoms with E-state index in [-0.39, 0.29) is 42.4 Å². The lowest BCUT2D eigenvalue weighted by Crippen LogP contribution is -2.39. The first kappa shape index (κ1) is 34.5. The van der Waals surface area contributed by atoms with E-state index >= 15 is 0 Å². The Hall–Kier alpha value is -5.57. The molecular weight excluding hydrogens is 701 g/mol. The number of rotatable bonds is 9. The van der Waals surface area contributed by atoms with Crippen molar-refractivity contribution in [1.82, 2.24) is 10.3 Å². The van der Waals surface area contributed by atoms with E-state index in [1.165, 1.54) is 28.6 Å². The average Bonchev–Trinajstić information content (AvgIpc) is 3.88. The van der Waals surface area contributed by atoms with Crippen molar-refractivity contribution in [2.45, 2.75) is 43.3 Å². The Morgan fingerprint density at radius 2 is 1.42 bits per heavy atom. The van der Waals surface area contributed by atoms with Crippen LogP contribution in [0.3, 0.4) is 0 Å². The summed E-state index contributed by atoms with van der Waals surface area (Å²) in [5, 5.41) is 10.3. The predicted octanol–water partition coefficient (Wildman–Crippen LogP) is 4.67. The van der Waals surface area contributed by atoms with E-state index in [2.05, 4.69) is 45.3 Å². The van der Waals surface area contributed by atoms with Crippen LogP contribution in [0.15, 0.2) is 83.9 Å². The molecule has 0 fully saturated rings. The molecule has 9 rings (SSSR count). The van der Waals surface area contributed by atoms with E-state index in [9.17, 15) is 18.0 Å². The number of nitrogens with one attached hydrogen (secondary N) is 4. The fraction of sp³-hybridized carbons (Fsp3) is 0.282. The standard InChI is InChI=1S/C21H21N3O3.C18H17NO6S/c25-20-9-16-18(24-20)5-6-19-21(16)27-14(12-26-19)11-22-8-7-13-10-23-17-4-2-1-3-15(13)17;1-11-2-4-13(5-3-11)26(21,22)24-10-12-9-23-16-7-6-15-14(18(16)25-12)8-17(20)19-15/h1-6,10,14,22-23H,7-9,11-12H2,(H,24,25);2-7,12H,8-10H2,1H3,(H,19,20). The molecule has 5 aromatic rings. The molecule has 0 bridgehead atoms. The fourth-order valence-corrected chi connectivity index (χ4v) is 7.64. The molecule has 1 aromatic heterocycles. The fourth-order valence-electron chi connectivity index (χ4n) is 6.71. The summed E-state index contributed by atoms with van der Waals surface area (Å²) in [5.41, 5.74) is 6.58. The first-order valence-corrected chi connectivity index (χ1v) is 18.8. The minimum atomic E-state index is -3.88. The van der Waals surface area contributed by atoms with E-state index < -0.39 is 16.2 Å². The first-order valence-electron chi connectivity index (χ1n) is 17.4. The first-order chi connectivity index (χ1) is 25.7. The Bertz CT molecular complexity index is 2310. The highest BCUT2D eigenvalue weighted by molar-refractivity contribution is 7.86. The topological polar surface area (TPSA) is 166 Å². The third-order valence-electron chi connectivity index (χ3n) is 9.43. The molecule has 2 atom stereocenters. The summed E-state index contributed by atoms with van der Waals surface area (Å²) in [6.07, 6.45) is 2.92. The van der Waals surface area contributed by atoms with Crippen LogP contribution in [0.4, 0.5) is 11.4 Å². The summed E-state index contributed by atoms with van der Waals surface area (Å²) in [5.74, 6) is 2.32. The summed E-state index contributed by atoms with van der Waals surface area (Å²) < 4.78 is 53.2. The number of carbonyl (C=O) groups excluding carboxylic acids is 2. The highest BCUT2D eigenvalue weighted by atomic mass is 32.2. The number of anilines is 2. The van der Waals surface area contributed by atoms with Gasteiger partial charge in [-0.15, -0.1) is 0 Å². The molecule has 0 saturated heterocycles. The maximum atomic E-state index is 12.3. The van der Waals surface area contributed by atoms with Crippen LogP contribution in [0.2, 0.25) is 0 Å². The van der Waals surface area contributed by atoms with Gasteiger partial charge in [-0.1, -0.05) is 35.9 Å². The molecule has 0 saturated carbocycles. The Morgan fingerprint density at radius 3 is 2.09 bits per heavy atom. The van der Waals surface area contributed by atoms with Gasteiger partial charge >= 0.3 is 0 Å². The van der Waals surface area contributed by atoms with Crippen molar-refractivity contribution in [2.24, 2.45) is 0 Å². The van der Waals surface area contributed by atoms with Crippen LogP contribution >= 0.6 is 0 Å². The van der Waals surface area contributed by atoms with E-state index in [4.69, 9.17) is 23.1 Å². The summed E-state index contributed by atoms with van der Waals surface area (Å²) in [7, 11) is -3.88. The average molecular weight is 739 g/mol. The molecule has 4 aliphatic rings. The predicted molar refractivity (Wildman–Crippen MR) is 197 cm³/mol. The highest BCUT2D eigenvalue weighted by Crippen LogP contribution is 2.43. The van der Waals surface area contributed by atoms with E-state index in [1.807, 2.05) is 25.1 Å². The third kappa shape index (κ3) is 7.38. The number of H-pyrrole nitrogens is 1. The molecule has 4 N–H and O–H groups in total. The van der Waals surface area contributed by atoms with Gasteiger partial charge in [0, 0.05) is 46.1 Å². The molecule has 2 unspecified atom stereocenters. The SMILES string of the molecule is Cc1ccc(S(=O)(=O)OCC2COc3ccc4c(c3O2)CC(=O)N4)cc1.O=C1Cc2c(ccc3c2OC(CNCCc2c[nH]c4ccccc24)CO3)N1. The number of ether oxygens (including phenoxy) is 4. The number of carbonyl (C=O) groups is 2. The van der Waals surface area contributed by atoms with Crippen molar-refractivity contribution in [3.8, 4) is 23.0 Å². The van der Waals surface area contributed by atoms with E-state index in [1.54, 1.807) is 24.3 Å². The quantitative estimate of drug-likeness (QED) is 0.123. The zero-order valence-electron chi connectivity index (χ0n) is 28.9. The number of fused-ring (bicyclic) bond motifs is 7. The maximum absolute atomic E-state index is 12.3. The molecule has 4 aliphatic heterocycles. The molecule has 13 nitrogen and oxygen atoms in total. The third-order valence-corrected chi connectivity index (χ3v) is 10.7. The molecular formula is C39H38N4O9S. The van der Waals surface area contributed by atoms with Crippen molar-refractivity contribution >= 4 is 44.2 Å². The number of aryl methyl sites for hydroxylation is 1. The van der Waals surface area contributed by atoms with E-state index in [0.29, 0.717) is 42.5 Å². The lowest BCUT2D eigenvalue weighted by Gasteiger charge is -2.28. The van der Waals surface area contributed by atoms with Gasteiger partial charge < -0.3 is 39.9 Å². The van der Waals surface area contributed by atoms with Crippen LogP contribution < -0.4 is 34.9 Å². The van der Waals surface area contributed by atoms with Gasteiger partial charge in [-0.05, 0) is 67.9 Å². The number of hydrogen-bond donors (Lipinski definition) is 4. The zero-order chi connectivity index (χ0) is 36.5. The van der Waals surface area contributed by atoms with Crippen molar-refractivity contribution in [2.75, 3.05) is 43.5 Å².